The summed E-state index contributed by atoms with van der Waals surface area (Å²) in [6.07, 6.45) is 0.867. The minimum Gasteiger partial charge on any atom is -0.488 e. The van der Waals surface area contributed by atoms with E-state index in [0.717, 1.165) is 21.8 Å². The smallest absolute Gasteiger partial charge is 0.160 e. The highest BCUT2D eigenvalue weighted by atomic mass is 32.1. The lowest BCUT2D eigenvalue weighted by molar-refractivity contribution is 0.112. The largest absolute Gasteiger partial charge is 0.488 e. The molecule has 1 aromatic carbocycles. The highest BCUT2D eigenvalue weighted by molar-refractivity contribution is 7.13. The molecule has 0 aliphatic rings. The number of thiophene rings is 1. The highest BCUT2D eigenvalue weighted by Gasteiger charge is 2.12. The summed E-state index contributed by atoms with van der Waals surface area (Å²) in [4.78, 5) is 12.4. The monoisotopic (exact) mass is 274 g/mol. The van der Waals surface area contributed by atoms with Gasteiger partial charge in [-0.2, -0.15) is 0 Å². The summed E-state index contributed by atoms with van der Waals surface area (Å²) in [7, 11) is 0. The number of rotatable bonds is 4. The van der Waals surface area contributed by atoms with Gasteiger partial charge in [0.15, 0.2) is 6.29 Å². The minimum absolute atomic E-state index is 0.158. The number of hydrogen-bond acceptors (Lipinski definition) is 3. The number of carbonyl (C=O) groups is 1. The fourth-order valence-electron chi connectivity index (χ4n) is 1.74. The third kappa shape index (κ3) is 3.67. The molecule has 0 saturated carbocycles. The van der Waals surface area contributed by atoms with E-state index in [0.29, 0.717) is 6.61 Å². The summed E-state index contributed by atoms with van der Waals surface area (Å²) in [5, 5.41) is 0. The van der Waals surface area contributed by atoms with Crippen LogP contribution in [-0.2, 0) is 12.0 Å². The van der Waals surface area contributed by atoms with Gasteiger partial charge >= 0.3 is 0 Å². The first-order valence-corrected chi connectivity index (χ1v) is 7.08. The molecule has 0 radical (unpaired) electrons. The van der Waals surface area contributed by atoms with Crippen molar-refractivity contribution in [3.8, 4) is 5.75 Å². The Morgan fingerprint density at radius 3 is 2.32 bits per heavy atom. The Bertz CT molecular complexity index is 547. The summed E-state index contributed by atoms with van der Waals surface area (Å²) in [5.41, 5.74) is 1.45. The maximum absolute atomic E-state index is 10.6. The van der Waals surface area contributed by atoms with Crippen LogP contribution < -0.4 is 4.74 Å². The average Bonchev–Trinajstić information content (AvgIpc) is 2.84. The van der Waals surface area contributed by atoms with Crippen LogP contribution in [0.15, 0.2) is 36.4 Å². The molecule has 0 unspecified atom stereocenters. The zero-order chi connectivity index (χ0) is 13.9. The van der Waals surface area contributed by atoms with Gasteiger partial charge in [-0.15, -0.1) is 11.3 Å². The molecule has 0 amide bonds. The lowest BCUT2D eigenvalue weighted by atomic mass is 9.87. The van der Waals surface area contributed by atoms with Gasteiger partial charge in [0, 0.05) is 4.88 Å². The number of carbonyl (C=O) groups excluding carboxylic acids is 1. The number of aldehydes is 1. The van der Waals surface area contributed by atoms with Crippen LogP contribution in [0.2, 0.25) is 0 Å². The number of ether oxygens (including phenoxy) is 1. The molecule has 0 atom stereocenters. The quantitative estimate of drug-likeness (QED) is 0.771. The Hall–Kier alpha value is -1.61. The molecular formula is C16H18O2S. The molecule has 19 heavy (non-hydrogen) atoms. The van der Waals surface area contributed by atoms with Crippen molar-refractivity contribution in [2.75, 3.05) is 0 Å². The molecule has 2 rings (SSSR count). The summed E-state index contributed by atoms with van der Waals surface area (Å²) in [6, 6.07) is 11.9. The van der Waals surface area contributed by atoms with Crippen molar-refractivity contribution in [3.63, 3.8) is 0 Å². The standard InChI is InChI=1S/C16H18O2S/c1-16(2,3)12-4-6-13(7-5-12)18-11-15-9-8-14(10-17)19-15/h4-10H,11H2,1-3H3. The highest BCUT2D eigenvalue weighted by Crippen LogP contribution is 2.25. The van der Waals surface area contributed by atoms with Crippen molar-refractivity contribution in [1.82, 2.24) is 0 Å². The molecule has 0 fully saturated rings. The summed E-state index contributed by atoms with van der Waals surface area (Å²) < 4.78 is 5.71. The zero-order valence-electron chi connectivity index (χ0n) is 11.5. The Morgan fingerprint density at radius 2 is 1.79 bits per heavy atom. The lowest BCUT2D eigenvalue weighted by Gasteiger charge is -2.19. The van der Waals surface area contributed by atoms with E-state index >= 15 is 0 Å². The van der Waals surface area contributed by atoms with Crippen LogP contribution in [0.3, 0.4) is 0 Å². The normalized spacial score (nSPS) is 11.3. The Kier molecular flexibility index (Phi) is 4.05. The third-order valence-electron chi connectivity index (χ3n) is 2.90. The van der Waals surface area contributed by atoms with Crippen molar-refractivity contribution in [1.29, 1.82) is 0 Å². The van der Waals surface area contributed by atoms with Gasteiger partial charge < -0.3 is 4.74 Å². The summed E-state index contributed by atoms with van der Waals surface area (Å²) >= 11 is 1.47. The van der Waals surface area contributed by atoms with E-state index in [9.17, 15) is 4.79 Å². The molecule has 1 aromatic heterocycles. The molecular weight excluding hydrogens is 256 g/mol. The van der Waals surface area contributed by atoms with E-state index in [1.54, 1.807) is 0 Å². The fraction of sp³-hybridized carbons (Fsp3) is 0.312. The van der Waals surface area contributed by atoms with Gasteiger partial charge in [0.25, 0.3) is 0 Å². The second-order valence-corrected chi connectivity index (χ2v) is 6.68. The van der Waals surface area contributed by atoms with Gasteiger partial charge in [0.2, 0.25) is 0 Å². The zero-order valence-corrected chi connectivity index (χ0v) is 12.3. The van der Waals surface area contributed by atoms with Gasteiger partial charge in [-0.3, -0.25) is 4.79 Å². The Labute approximate surface area is 118 Å². The molecule has 0 N–H and O–H groups in total. The van der Waals surface area contributed by atoms with Crippen molar-refractivity contribution < 1.29 is 9.53 Å². The number of hydrogen-bond donors (Lipinski definition) is 0. The van der Waals surface area contributed by atoms with Crippen LogP contribution in [0.1, 0.15) is 40.9 Å². The first kappa shape index (κ1) is 13.8. The summed E-state index contributed by atoms with van der Waals surface area (Å²) in [5.74, 6) is 0.856. The predicted molar refractivity (Wildman–Crippen MR) is 79.2 cm³/mol. The van der Waals surface area contributed by atoms with Crippen LogP contribution in [-0.4, -0.2) is 6.29 Å². The molecule has 0 aliphatic carbocycles. The fourth-order valence-corrected chi connectivity index (χ4v) is 2.48. The van der Waals surface area contributed by atoms with Gasteiger partial charge in [-0.25, -0.2) is 0 Å². The van der Waals surface area contributed by atoms with E-state index in [-0.39, 0.29) is 5.41 Å². The number of benzene rings is 1. The Balaban J connectivity index is 1.98. The predicted octanol–water partition coefficient (Wildman–Crippen LogP) is 4.44. The van der Waals surface area contributed by atoms with E-state index in [4.69, 9.17) is 4.74 Å². The third-order valence-corrected chi connectivity index (χ3v) is 3.88. The van der Waals surface area contributed by atoms with Gasteiger partial charge in [-0.1, -0.05) is 32.9 Å². The summed E-state index contributed by atoms with van der Waals surface area (Å²) in [6.45, 7) is 7.08. The molecule has 0 bridgehead atoms. The van der Waals surface area contributed by atoms with Crippen molar-refractivity contribution in [2.24, 2.45) is 0 Å². The van der Waals surface area contributed by atoms with Gasteiger partial charge in [0.05, 0.1) is 4.88 Å². The molecule has 2 nitrogen and oxygen atoms in total. The van der Waals surface area contributed by atoms with Crippen LogP contribution in [0, 0.1) is 0 Å². The van der Waals surface area contributed by atoms with Crippen molar-refractivity contribution in [3.05, 3.63) is 51.7 Å². The Morgan fingerprint density at radius 1 is 1.11 bits per heavy atom. The second kappa shape index (κ2) is 5.57. The van der Waals surface area contributed by atoms with Crippen molar-refractivity contribution >= 4 is 17.6 Å². The second-order valence-electron chi connectivity index (χ2n) is 5.48. The molecule has 0 aliphatic heterocycles. The topological polar surface area (TPSA) is 26.3 Å². The molecule has 0 saturated heterocycles. The SMILES string of the molecule is CC(C)(C)c1ccc(OCc2ccc(C=O)s2)cc1. The van der Waals surface area contributed by atoms with Crippen LogP contribution >= 0.6 is 11.3 Å². The van der Waals surface area contributed by atoms with Crippen LogP contribution in [0.25, 0.3) is 0 Å². The van der Waals surface area contributed by atoms with Crippen LogP contribution in [0.5, 0.6) is 5.75 Å². The first-order valence-electron chi connectivity index (χ1n) is 6.26. The molecule has 2 aromatic rings. The lowest BCUT2D eigenvalue weighted by Crippen LogP contribution is -2.10. The first-order chi connectivity index (χ1) is 8.99. The maximum Gasteiger partial charge on any atom is 0.160 e. The van der Waals surface area contributed by atoms with E-state index in [1.165, 1.54) is 16.9 Å². The molecule has 1 heterocycles. The van der Waals surface area contributed by atoms with E-state index < -0.39 is 0 Å². The average molecular weight is 274 g/mol. The molecule has 0 spiro atoms. The minimum atomic E-state index is 0.158. The molecule has 100 valence electrons. The molecule has 3 heteroatoms. The van der Waals surface area contributed by atoms with Crippen LogP contribution in [0.4, 0.5) is 0 Å². The van der Waals surface area contributed by atoms with E-state index in [1.807, 2.05) is 24.3 Å². The van der Waals surface area contributed by atoms with Gasteiger partial charge in [-0.05, 0) is 35.2 Å². The maximum atomic E-state index is 10.6. The van der Waals surface area contributed by atoms with Crippen molar-refractivity contribution in [2.45, 2.75) is 32.8 Å². The van der Waals surface area contributed by atoms with Gasteiger partial charge in [0.1, 0.15) is 12.4 Å². The van der Waals surface area contributed by atoms with E-state index in [2.05, 4.69) is 32.9 Å².